The lowest BCUT2D eigenvalue weighted by atomic mass is 10.3. The second-order valence-electron chi connectivity index (χ2n) is 5.76. The third-order valence-electron chi connectivity index (χ3n) is 4.15. The Kier molecular flexibility index (Phi) is 3.43. The predicted molar refractivity (Wildman–Crippen MR) is 98.6 cm³/mol. The molecule has 0 saturated carbocycles. The zero-order valence-corrected chi connectivity index (χ0v) is 15.2. The van der Waals surface area contributed by atoms with E-state index in [1.807, 2.05) is 17.7 Å². The first-order chi connectivity index (χ1) is 12.7. The standard InChI is InChI=1S/C15H12N8OS2/c1-22-12-9(5-18-23(15(12)24)6-11-21-17-7-25-11)13-14(22)19-10(26-13)4-8-2-3-16-20-8/h2-3,5,7H,4,6H2,1H3,(H,16,20). The SMILES string of the molecule is Cn1c2nc(Cc3cc[nH]n3)sc2c2cnn(Cc3nncs3)c(=O)c21. The maximum absolute atomic E-state index is 12.9. The molecule has 0 aliphatic rings. The van der Waals surface area contributed by atoms with Crippen molar-refractivity contribution in [2.24, 2.45) is 7.05 Å². The van der Waals surface area contributed by atoms with Gasteiger partial charge in [-0.05, 0) is 6.07 Å². The van der Waals surface area contributed by atoms with E-state index in [0.29, 0.717) is 18.5 Å². The molecule has 0 aliphatic heterocycles. The number of rotatable bonds is 4. The summed E-state index contributed by atoms with van der Waals surface area (Å²) in [4.78, 5) is 17.6. The molecule has 0 saturated heterocycles. The van der Waals surface area contributed by atoms with Gasteiger partial charge in [0.15, 0.2) is 5.65 Å². The Hall–Kier alpha value is -2.92. The summed E-state index contributed by atoms with van der Waals surface area (Å²) in [6, 6.07) is 1.93. The zero-order valence-electron chi connectivity index (χ0n) is 13.6. The molecular weight excluding hydrogens is 372 g/mol. The second kappa shape index (κ2) is 5.81. The molecule has 5 heterocycles. The number of aromatic amines is 1. The van der Waals surface area contributed by atoms with E-state index in [0.717, 1.165) is 31.4 Å². The van der Waals surface area contributed by atoms with Gasteiger partial charge in [0.1, 0.15) is 21.0 Å². The van der Waals surface area contributed by atoms with E-state index >= 15 is 0 Å². The van der Waals surface area contributed by atoms with Gasteiger partial charge in [0.05, 0.1) is 23.1 Å². The van der Waals surface area contributed by atoms with E-state index in [2.05, 4.69) is 25.5 Å². The molecule has 0 atom stereocenters. The summed E-state index contributed by atoms with van der Waals surface area (Å²) in [5, 5.41) is 21.6. The summed E-state index contributed by atoms with van der Waals surface area (Å²) in [7, 11) is 1.86. The van der Waals surface area contributed by atoms with Crippen molar-refractivity contribution in [1.82, 2.24) is 39.7 Å². The Morgan fingerprint density at radius 3 is 3.00 bits per heavy atom. The fourth-order valence-corrected chi connectivity index (χ4v) is 4.59. The van der Waals surface area contributed by atoms with Crippen LogP contribution < -0.4 is 5.56 Å². The highest BCUT2D eigenvalue weighted by Gasteiger charge is 2.18. The van der Waals surface area contributed by atoms with Crippen LogP contribution >= 0.6 is 22.7 Å². The van der Waals surface area contributed by atoms with Crippen molar-refractivity contribution in [3.05, 3.63) is 50.0 Å². The van der Waals surface area contributed by atoms with Gasteiger partial charge in [-0.25, -0.2) is 9.67 Å². The first kappa shape index (κ1) is 15.3. The summed E-state index contributed by atoms with van der Waals surface area (Å²) in [5.41, 5.74) is 3.82. The van der Waals surface area contributed by atoms with Gasteiger partial charge >= 0.3 is 0 Å². The number of nitrogens with zero attached hydrogens (tertiary/aromatic N) is 7. The monoisotopic (exact) mass is 384 g/mol. The Morgan fingerprint density at radius 2 is 2.23 bits per heavy atom. The van der Waals surface area contributed by atoms with Crippen LogP contribution in [0.4, 0.5) is 0 Å². The molecule has 5 aromatic heterocycles. The highest BCUT2D eigenvalue weighted by molar-refractivity contribution is 7.19. The fourth-order valence-electron chi connectivity index (χ4n) is 2.96. The van der Waals surface area contributed by atoms with E-state index in [1.54, 1.807) is 29.2 Å². The van der Waals surface area contributed by atoms with Gasteiger partial charge in [-0.15, -0.1) is 32.9 Å². The van der Waals surface area contributed by atoms with Crippen LogP contribution in [0.2, 0.25) is 0 Å². The van der Waals surface area contributed by atoms with Crippen molar-refractivity contribution in [2.75, 3.05) is 0 Å². The first-order valence-electron chi connectivity index (χ1n) is 7.78. The van der Waals surface area contributed by atoms with Crippen molar-refractivity contribution in [1.29, 1.82) is 0 Å². The number of nitrogens with one attached hydrogen (secondary N) is 1. The Balaban J connectivity index is 1.62. The van der Waals surface area contributed by atoms with E-state index in [-0.39, 0.29) is 5.56 Å². The van der Waals surface area contributed by atoms with Gasteiger partial charge in [-0.2, -0.15) is 10.2 Å². The molecule has 0 fully saturated rings. The van der Waals surface area contributed by atoms with Crippen molar-refractivity contribution in [3.63, 3.8) is 0 Å². The number of aryl methyl sites for hydroxylation is 1. The van der Waals surface area contributed by atoms with Crippen LogP contribution in [-0.4, -0.2) is 39.7 Å². The number of aromatic nitrogens is 8. The third-order valence-corrected chi connectivity index (χ3v) is 5.91. The number of hydrogen-bond donors (Lipinski definition) is 1. The average Bonchev–Trinajstić information content (AvgIpc) is 3.39. The molecule has 0 spiro atoms. The van der Waals surface area contributed by atoms with Crippen LogP contribution in [0.5, 0.6) is 0 Å². The summed E-state index contributed by atoms with van der Waals surface area (Å²) in [6.45, 7) is 0.316. The maximum atomic E-state index is 12.9. The molecule has 11 heteroatoms. The van der Waals surface area contributed by atoms with Crippen LogP contribution in [0, 0.1) is 0 Å². The lowest BCUT2D eigenvalue weighted by Gasteiger charge is -2.03. The number of hydrogen-bond acceptors (Lipinski definition) is 8. The third kappa shape index (κ3) is 2.35. The summed E-state index contributed by atoms with van der Waals surface area (Å²) in [6.07, 6.45) is 4.19. The van der Waals surface area contributed by atoms with Crippen molar-refractivity contribution in [2.45, 2.75) is 13.0 Å². The molecule has 26 heavy (non-hydrogen) atoms. The van der Waals surface area contributed by atoms with Crippen molar-refractivity contribution < 1.29 is 0 Å². The lowest BCUT2D eigenvalue weighted by Crippen LogP contribution is -2.24. The predicted octanol–water partition coefficient (Wildman–Crippen LogP) is 1.56. The minimum absolute atomic E-state index is 0.153. The van der Waals surface area contributed by atoms with E-state index in [4.69, 9.17) is 4.98 Å². The quantitative estimate of drug-likeness (QED) is 0.504. The Bertz CT molecular complexity index is 1260. The number of thiazole rings is 1. The zero-order chi connectivity index (χ0) is 17.7. The number of fused-ring (bicyclic) bond motifs is 3. The molecule has 0 unspecified atom stereocenters. The van der Waals surface area contributed by atoms with Gasteiger partial charge in [0.2, 0.25) is 0 Å². The normalized spacial score (nSPS) is 11.7. The molecule has 5 rings (SSSR count). The van der Waals surface area contributed by atoms with Crippen LogP contribution in [0.1, 0.15) is 15.7 Å². The maximum Gasteiger partial charge on any atom is 0.291 e. The van der Waals surface area contributed by atoms with Gasteiger partial charge in [-0.3, -0.25) is 9.89 Å². The van der Waals surface area contributed by atoms with Crippen LogP contribution in [0.15, 0.2) is 28.8 Å². The van der Waals surface area contributed by atoms with Gasteiger partial charge < -0.3 is 4.57 Å². The van der Waals surface area contributed by atoms with Crippen LogP contribution in [-0.2, 0) is 20.0 Å². The molecule has 0 radical (unpaired) electrons. The Morgan fingerprint density at radius 1 is 1.31 bits per heavy atom. The van der Waals surface area contributed by atoms with Crippen molar-refractivity contribution in [3.8, 4) is 0 Å². The van der Waals surface area contributed by atoms with Gasteiger partial charge in [-0.1, -0.05) is 0 Å². The minimum atomic E-state index is -0.153. The van der Waals surface area contributed by atoms with E-state index in [1.165, 1.54) is 16.0 Å². The molecule has 1 N–H and O–H groups in total. The molecule has 0 aliphatic carbocycles. The Labute approximate surface area is 154 Å². The molecule has 9 nitrogen and oxygen atoms in total. The fraction of sp³-hybridized carbons (Fsp3) is 0.200. The van der Waals surface area contributed by atoms with Crippen molar-refractivity contribution >= 4 is 43.9 Å². The van der Waals surface area contributed by atoms with Gasteiger partial charge in [0, 0.05) is 25.1 Å². The van der Waals surface area contributed by atoms with Gasteiger partial charge in [0.25, 0.3) is 5.56 Å². The average molecular weight is 384 g/mol. The largest absolute Gasteiger partial charge is 0.323 e. The summed E-state index contributed by atoms with van der Waals surface area (Å²) in [5.74, 6) is 0. The van der Waals surface area contributed by atoms with E-state index in [9.17, 15) is 4.79 Å². The molecule has 130 valence electrons. The summed E-state index contributed by atoms with van der Waals surface area (Å²) < 4.78 is 4.23. The molecule has 0 amide bonds. The molecule has 5 aromatic rings. The lowest BCUT2D eigenvalue weighted by molar-refractivity contribution is 0.637. The first-order valence-corrected chi connectivity index (χ1v) is 9.48. The summed E-state index contributed by atoms with van der Waals surface area (Å²) >= 11 is 2.97. The smallest absolute Gasteiger partial charge is 0.291 e. The highest BCUT2D eigenvalue weighted by atomic mass is 32.1. The van der Waals surface area contributed by atoms with E-state index < -0.39 is 0 Å². The minimum Gasteiger partial charge on any atom is -0.323 e. The topological polar surface area (TPSA) is 107 Å². The molecule has 0 aromatic carbocycles. The molecular formula is C15H12N8OS2. The molecule has 0 bridgehead atoms. The second-order valence-corrected chi connectivity index (χ2v) is 7.77. The number of H-pyrrole nitrogens is 1. The van der Waals surface area contributed by atoms with Crippen LogP contribution in [0.3, 0.4) is 0 Å². The highest BCUT2D eigenvalue weighted by Crippen LogP contribution is 2.31. The van der Waals surface area contributed by atoms with Crippen LogP contribution in [0.25, 0.3) is 21.3 Å².